The van der Waals surface area contributed by atoms with Crippen LogP contribution in [0.15, 0.2) is 29.2 Å². The number of hydrogen-bond donors (Lipinski definition) is 2. The van der Waals surface area contributed by atoms with Crippen molar-refractivity contribution in [2.24, 2.45) is 0 Å². The van der Waals surface area contributed by atoms with E-state index in [4.69, 9.17) is 9.66 Å². The highest BCUT2D eigenvalue weighted by atomic mass is 32.2. The molecule has 0 aromatic heterocycles. The highest BCUT2D eigenvalue weighted by molar-refractivity contribution is 7.85. The molecule has 0 aliphatic carbocycles. The largest absolute Gasteiger partial charge is 0.395 e. The molecule has 1 rings (SSSR count). The molecule has 1 aromatic rings. The zero-order valence-electron chi connectivity index (χ0n) is 8.64. The van der Waals surface area contributed by atoms with Gasteiger partial charge in [-0.25, -0.2) is 0 Å². The smallest absolute Gasteiger partial charge is 0.294 e. The van der Waals surface area contributed by atoms with E-state index in [9.17, 15) is 8.42 Å². The van der Waals surface area contributed by atoms with Gasteiger partial charge in [0.05, 0.1) is 11.5 Å². The molecule has 0 saturated carbocycles. The lowest BCUT2D eigenvalue weighted by molar-refractivity contribution is 0.218. The summed E-state index contributed by atoms with van der Waals surface area (Å²) in [7, 11) is -4.13. The summed E-state index contributed by atoms with van der Waals surface area (Å²) in [6.07, 6.45) is 0. The first-order chi connectivity index (χ1) is 6.77. The van der Waals surface area contributed by atoms with Crippen molar-refractivity contribution in [1.82, 2.24) is 0 Å². The molecule has 0 atom stereocenters. The molecule has 0 heterocycles. The van der Waals surface area contributed by atoms with Crippen LogP contribution in [0.1, 0.15) is 19.4 Å². The maximum atomic E-state index is 10.8. The quantitative estimate of drug-likeness (QED) is 0.765. The van der Waals surface area contributed by atoms with Gasteiger partial charge in [0, 0.05) is 5.41 Å². The van der Waals surface area contributed by atoms with E-state index in [1.807, 2.05) is 13.8 Å². The summed E-state index contributed by atoms with van der Waals surface area (Å²) in [6.45, 7) is 3.66. The first-order valence-corrected chi connectivity index (χ1v) is 5.90. The van der Waals surface area contributed by atoms with Crippen LogP contribution in [0.4, 0.5) is 0 Å². The number of hydrogen-bond acceptors (Lipinski definition) is 3. The monoisotopic (exact) mass is 230 g/mol. The Labute approximate surface area is 89.3 Å². The van der Waals surface area contributed by atoms with Crippen molar-refractivity contribution in [3.63, 3.8) is 0 Å². The zero-order valence-corrected chi connectivity index (χ0v) is 9.45. The minimum atomic E-state index is -4.13. The lowest BCUT2D eigenvalue weighted by Crippen LogP contribution is -2.21. The van der Waals surface area contributed by atoms with E-state index in [1.54, 1.807) is 12.1 Å². The van der Waals surface area contributed by atoms with Gasteiger partial charge in [-0.2, -0.15) is 8.42 Å². The van der Waals surface area contributed by atoms with Crippen LogP contribution in [0, 0.1) is 0 Å². The molecular weight excluding hydrogens is 216 g/mol. The Morgan fingerprint density at radius 3 is 2.00 bits per heavy atom. The molecule has 0 fully saturated rings. The van der Waals surface area contributed by atoms with Crippen LogP contribution in [0.2, 0.25) is 0 Å². The summed E-state index contributed by atoms with van der Waals surface area (Å²) in [6, 6.07) is 5.81. The summed E-state index contributed by atoms with van der Waals surface area (Å²) in [5.41, 5.74) is 0.398. The fourth-order valence-electron chi connectivity index (χ4n) is 1.17. The third kappa shape index (κ3) is 2.77. The Morgan fingerprint density at radius 1 is 1.20 bits per heavy atom. The maximum absolute atomic E-state index is 10.8. The van der Waals surface area contributed by atoms with Crippen molar-refractivity contribution in [2.75, 3.05) is 6.61 Å². The molecule has 0 saturated heterocycles. The van der Waals surface area contributed by atoms with Crippen molar-refractivity contribution in [2.45, 2.75) is 24.2 Å². The Balaban J connectivity index is 3.12. The van der Waals surface area contributed by atoms with Gasteiger partial charge in [0.1, 0.15) is 0 Å². The topological polar surface area (TPSA) is 74.6 Å². The normalized spacial score (nSPS) is 12.8. The second-order valence-electron chi connectivity index (χ2n) is 4.04. The fourth-order valence-corrected chi connectivity index (χ4v) is 1.65. The van der Waals surface area contributed by atoms with Gasteiger partial charge in [0.15, 0.2) is 0 Å². The molecule has 0 unspecified atom stereocenters. The fraction of sp³-hybridized carbons (Fsp3) is 0.400. The summed E-state index contributed by atoms with van der Waals surface area (Å²) in [5.74, 6) is 0. The molecule has 15 heavy (non-hydrogen) atoms. The first kappa shape index (κ1) is 12.2. The van der Waals surface area contributed by atoms with E-state index < -0.39 is 15.5 Å². The number of aliphatic hydroxyl groups is 1. The van der Waals surface area contributed by atoms with Crippen LogP contribution < -0.4 is 0 Å². The summed E-state index contributed by atoms with van der Waals surface area (Å²) >= 11 is 0. The lowest BCUT2D eigenvalue weighted by atomic mass is 9.86. The minimum absolute atomic E-state index is 0.0295. The lowest BCUT2D eigenvalue weighted by Gasteiger charge is -2.22. The van der Waals surface area contributed by atoms with Gasteiger partial charge in [0.25, 0.3) is 10.1 Å². The second-order valence-corrected chi connectivity index (χ2v) is 5.46. The number of benzene rings is 1. The third-order valence-electron chi connectivity index (χ3n) is 2.33. The Morgan fingerprint density at radius 2 is 1.67 bits per heavy atom. The molecule has 0 radical (unpaired) electrons. The Hall–Kier alpha value is -0.910. The molecule has 2 N–H and O–H groups in total. The van der Waals surface area contributed by atoms with E-state index in [-0.39, 0.29) is 11.5 Å². The highest BCUT2D eigenvalue weighted by Gasteiger charge is 2.20. The SMILES string of the molecule is CC(C)(CO)c1ccc(S(=O)(=O)O)cc1. The van der Waals surface area contributed by atoms with Crippen LogP contribution in [-0.4, -0.2) is 24.7 Å². The summed E-state index contributed by atoms with van der Waals surface area (Å²) in [4.78, 5) is -0.139. The molecule has 4 nitrogen and oxygen atoms in total. The van der Waals surface area contributed by atoms with Crippen molar-refractivity contribution >= 4 is 10.1 Å². The molecule has 0 aliphatic rings. The van der Waals surface area contributed by atoms with E-state index in [1.165, 1.54) is 12.1 Å². The van der Waals surface area contributed by atoms with Gasteiger partial charge < -0.3 is 5.11 Å². The molecule has 84 valence electrons. The maximum Gasteiger partial charge on any atom is 0.294 e. The average Bonchev–Trinajstić information content (AvgIpc) is 2.17. The van der Waals surface area contributed by atoms with E-state index in [0.29, 0.717) is 0 Å². The van der Waals surface area contributed by atoms with Crippen molar-refractivity contribution in [3.05, 3.63) is 29.8 Å². The van der Waals surface area contributed by atoms with E-state index in [0.717, 1.165) is 5.56 Å². The zero-order chi connectivity index (χ0) is 11.7. The predicted octanol–water partition coefficient (Wildman–Crippen LogP) is 1.20. The van der Waals surface area contributed by atoms with Crippen LogP contribution in [-0.2, 0) is 15.5 Å². The van der Waals surface area contributed by atoms with Gasteiger partial charge in [0.2, 0.25) is 0 Å². The highest BCUT2D eigenvalue weighted by Crippen LogP contribution is 2.23. The molecule has 0 bridgehead atoms. The second kappa shape index (κ2) is 3.92. The predicted molar refractivity (Wildman–Crippen MR) is 56.4 cm³/mol. The molecule has 0 spiro atoms. The number of aliphatic hydroxyl groups excluding tert-OH is 1. The molecule has 0 aliphatic heterocycles. The van der Waals surface area contributed by atoms with E-state index >= 15 is 0 Å². The third-order valence-corrected chi connectivity index (χ3v) is 3.20. The van der Waals surface area contributed by atoms with E-state index in [2.05, 4.69) is 0 Å². The first-order valence-electron chi connectivity index (χ1n) is 4.46. The van der Waals surface area contributed by atoms with Gasteiger partial charge in [-0.1, -0.05) is 26.0 Å². The number of rotatable bonds is 3. The Kier molecular flexibility index (Phi) is 3.18. The standard InChI is InChI=1S/C10H14O4S/c1-10(2,7-11)8-3-5-9(6-4-8)15(12,13)14/h3-6,11H,7H2,1-2H3,(H,12,13,14). The van der Waals surface area contributed by atoms with Crippen molar-refractivity contribution in [1.29, 1.82) is 0 Å². The minimum Gasteiger partial charge on any atom is -0.395 e. The van der Waals surface area contributed by atoms with Crippen molar-refractivity contribution in [3.8, 4) is 0 Å². The Bertz CT molecular complexity index is 431. The van der Waals surface area contributed by atoms with Crippen LogP contribution >= 0.6 is 0 Å². The molecule has 0 amide bonds. The van der Waals surface area contributed by atoms with Crippen LogP contribution in [0.5, 0.6) is 0 Å². The van der Waals surface area contributed by atoms with Crippen molar-refractivity contribution < 1.29 is 18.1 Å². The van der Waals surface area contributed by atoms with Gasteiger partial charge in [-0.15, -0.1) is 0 Å². The molecule has 1 aromatic carbocycles. The average molecular weight is 230 g/mol. The van der Waals surface area contributed by atoms with Crippen LogP contribution in [0.3, 0.4) is 0 Å². The van der Waals surface area contributed by atoms with Gasteiger partial charge in [-0.05, 0) is 17.7 Å². The van der Waals surface area contributed by atoms with Crippen LogP contribution in [0.25, 0.3) is 0 Å². The molecule has 5 heteroatoms. The summed E-state index contributed by atoms with van der Waals surface area (Å²) < 4.78 is 30.3. The van der Waals surface area contributed by atoms with Gasteiger partial charge >= 0.3 is 0 Å². The summed E-state index contributed by atoms with van der Waals surface area (Å²) in [5, 5.41) is 9.11. The molecular formula is C10H14O4S. The van der Waals surface area contributed by atoms with Gasteiger partial charge in [-0.3, -0.25) is 4.55 Å².